The van der Waals surface area contributed by atoms with Gasteiger partial charge in [0.1, 0.15) is 0 Å². The summed E-state index contributed by atoms with van der Waals surface area (Å²) in [6, 6.07) is 0. The van der Waals surface area contributed by atoms with Gasteiger partial charge in [-0.1, -0.05) is 6.92 Å². The highest BCUT2D eigenvalue weighted by Crippen LogP contribution is 2.22. The summed E-state index contributed by atoms with van der Waals surface area (Å²) in [6.45, 7) is 5.87. The SMILES string of the molecule is CCCn1ccnc1C(=O)C1(C)CCCN1. The van der Waals surface area contributed by atoms with Crippen molar-refractivity contribution in [2.45, 2.75) is 45.2 Å². The molecule has 1 aromatic heterocycles. The van der Waals surface area contributed by atoms with Crippen LogP contribution in [-0.4, -0.2) is 27.4 Å². The van der Waals surface area contributed by atoms with Gasteiger partial charge in [-0.05, 0) is 32.7 Å². The van der Waals surface area contributed by atoms with E-state index in [9.17, 15) is 4.79 Å². The zero-order chi connectivity index (χ0) is 11.6. The minimum atomic E-state index is -0.406. The van der Waals surface area contributed by atoms with E-state index in [0.717, 1.165) is 32.4 Å². The number of Topliss-reactive ketones (excluding diaryl/α,β-unsaturated/α-hetero) is 1. The topological polar surface area (TPSA) is 46.9 Å². The van der Waals surface area contributed by atoms with Gasteiger partial charge in [-0.25, -0.2) is 4.98 Å². The highest BCUT2D eigenvalue weighted by Gasteiger charge is 2.38. The Morgan fingerprint density at radius 1 is 1.69 bits per heavy atom. The van der Waals surface area contributed by atoms with Gasteiger partial charge in [-0.3, -0.25) is 4.79 Å². The van der Waals surface area contributed by atoms with E-state index < -0.39 is 5.54 Å². The first-order valence-electron chi connectivity index (χ1n) is 5.98. The van der Waals surface area contributed by atoms with Crippen molar-refractivity contribution in [3.63, 3.8) is 0 Å². The van der Waals surface area contributed by atoms with Gasteiger partial charge >= 0.3 is 0 Å². The molecule has 1 unspecified atom stereocenters. The molecule has 4 nitrogen and oxygen atoms in total. The number of ketones is 1. The fraction of sp³-hybridized carbons (Fsp3) is 0.667. The number of nitrogens with zero attached hydrogens (tertiary/aromatic N) is 2. The Morgan fingerprint density at radius 3 is 3.12 bits per heavy atom. The van der Waals surface area contributed by atoms with Gasteiger partial charge in [0.25, 0.3) is 0 Å². The molecular weight excluding hydrogens is 202 g/mol. The number of nitrogens with one attached hydrogen (secondary N) is 1. The van der Waals surface area contributed by atoms with Crippen molar-refractivity contribution >= 4 is 5.78 Å². The summed E-state index contributed by atoms with van der Waals surface area (Å²) in [7, 11) is 0. The summed E-state index contributed by atoms with van der Waals surface area (Å²) in [5, 5.41) is 3.29. The van der Waals surface area contributed by atoms with Crippen LogP contribution in [0.4, 0.5) is 0 Å². The summed E-state index contributed by atoms with van der Waals surface area (Å²) >= 11 is 0. The molecule has 0 bridgehead atoms. The molecule has 0 aliphatic carbocycles. The van der Waals surface area contributed by atoms with Gasteiger partial charge in [0.05, 0.1) is 5.54 Å². The smallest absolute Gasteiger partial charge is 0.217 e. The molecular formula is C12H19N3O. The molecule has 0 amide bonds. The summed E-state index contributed by atoms with van der Waals surface area (Å²) in [4.78, 5) is 16.6. The zero-order valence-electron chi connectivity index (χ0n) is 9.99. The predicted molar refractivity (Wildman–Crippen MR) is 62.5 cm³/mol. The van der Waals surface area contributed by atoms with Gasteiger partial charge in [-0.15, -0.1) is 0 Å². The number of aryl methyl sites for hydroxylation is 1. The van der Waals surface area contributed by atoms with E-state index in [-0.39, 0.29) is 5.78 Å². The van der Waals surface area contributed by atoms with E-state index >= 15 is 0 Å². The third-order valence-corrected chi connectivity index (χ3v) is 3.25. The van der Waals surface area contributed by atoms with Crippen LogP contribution in [0.2, 0.25) is 0 Å². The van der Waals surface area contributed by atoms with Crippen molar-refractivity contribution in [3.05, 3.63) is 18.2 Å². The molecule has 0 aromatic carbocycles. The fourth-order valence-corrected chi connectivity index (χ4v) is 2.27. The van der Waals surface area contributed by atoms with Gasteiger partial charge < -0.3 is 9.88 Å². The molecule has 1 aliphatic rings. The van der Waals surface area contributed by atoms with Crippen LogP contribution in [0, 0.1) is 0 Å². The molecule has 0 saturated carbocycles. The molecule has 2 heterocycles. The molecule has 0 spiro atoms. The second-order valence-electron chi connectivity index (χ2n) is 4.64. The molecule has 0 radical (unpaired) electrons. The molecule has 88 valence electrons. The summed E-state index contributed by atoms with van der Waals surface area (Å²) in [5.74, 6) is 0.724. The lowest BCUT2D eigenvalue weighted by Crippen LogP contribution is -2.45. The average molecular weight is 221 g/mol. The van der Waals surface area contributed by atoms with Crippen LogP contribution in [0.15, 0.2) is 12.4 Å². The van der Waals surface area contributed by atoms with E-state index in [2.05, 4.69) is 17.2 Å². The maximum Gasteiger partial charge on any atom is 0.217 e. The second-order valence-corrected chi connectivity index (χ2v) is 4.64. The molecule has 1 atom stereocenters. The minimum Gasteiger partial charge on any atom is -0.328 e. The summed E-state index contributed by atoms with van der Waals surface area (Å²) in [6.07, 6.45) is 6.58. The van der Waals surface area contributed by atoms with Crippen LogP contribution < -0.4 is 5.32 Å². The van der Waals surface area contributed by atoms with E-state index in [4.69, 9.17) is 0 Å². The standard InChI is InChI=1S/C12H19N3O/c1-3-8-15-9-7-13-11(15)10(16)12(2)5-4-6-14-12/h7,9,14H,3-6,8H2,1-2H3. The molecule has 1 N–H and O–H groups in total. The number of rotatable bonds is 4. The minimum absolute atomic E-state index is 0.128. The van der Waals surface area contributed by atoms with E-state index in [1.165, 1.54) is 0 Å². The Bertz CT molecular complexity index is 377. The van der Waals surface area contributed by atoms with Crippen molar-refractivity contribution in [1.29, 1.82) is 0 Å². The average Bonchev–Trinajstić information content (AvgIpc) is 2.88. The van der Waals surface area contributed by atoms with Crippen molar-refractivity contribution in [3.8, 4) is 0 Å². The fourth-order valence-electron chi connectivity index (χ4n) is 2.27. The third kappa shape index (κ3) is 1.89. The highest BCUT2D eigenvalue weighted by atomic mass is 16.1. The highest BCUT2D eigenvalue weighted by molar-refractivity contribution is 6.00. The van der Waals surface area contributed by atoms with Crippen LogP contribution in [0.5, 0.6) is 0 Å². The van der Waals surface area contributed by atoms with E-state index in [0.29, 0.717) is 5.82 Å². The quantitative estimate of drug-likeness (QED) is 0.786. The number of carbonyl (C=O) groups excluding carboxylic acids is 1. The number of aromatic nitrogens is 2. The number of imidazole rings is 1. The first-order valence-corrected chi connectivity index (χ1v) is 5.98. The Morgan fingerprint density at radius 2 is 2.50 bits per heavy atom. The Balaban J connectivity index is 2.23. The summed E-state index contributed by atoms with van der Waals surface area (Å²) in [5.41, 5.74) is -0.406. The normalized spacial score (nSPS) is 24.9. The first-order chi connectivity index (χ1) is 7.67. The zero-order valence-corrected chi connectivity index (χ0v) is 9.99. The largest absolute Gasteiger partial charge is 0.328 e. The third-order valence-electron chi connectivity index (χ3n) is 3.25. The monoisotopic (exact) mass is 221 g/mol. The van der Waals surface area contributed by atoms with Gasteiger partial charge in [0.15, 0.2) is 5.82 Å². The number of hydrogen-bond donors (Lipinski definition) is 1. The molecule has 1 aromatic rings. The lowest BCUT2D eigenvalue weighted by Gasteiger charge is -2.22. The summed E-state index contributed by atoms with van der Waals surface area (Å²) < 4.78 is 1.95. The molecule has 16 heavy (non-hydrogen) atoms. The van der Waals surface area contributed by atoms with Gasteiger partial charge in [-0.2, -0.15) is 0 Å². The Kier molecular flexibility index (Phi) is 3.10. The molecule has 1 fully saturated rings. The lowest BCUT2D eigenvalue weighted by atomic mass is 9.94. The van der Waals surface area contributed by atoms with Crippen LogP contribution in [0.3, 0.4) is 0 Å². The number of carbonyl (C=O) groups is 1. The van der Waals surface area contributed by atoms with E-state index in [1.54, 1.807) is 6.20 Å². The number of hydrogen-bond acceptors (Lipinski definition) is 3. The van der Waals surface area contributed by atoms with E-state index in [1.807, 2.05) is 17.7 Å². The Labute approximate surface area is 96.1 Å². The van der Waals surface area contributed by atoms with Crippen LogP contribution in [0.25, 0.3) is 0 Å². The van der Waals surface area contributed by atoms with Crippen molar-refractivity contribution in [2.24, 2.45) is 0 Å². The first kappa shape index (κ1) is 11.3. The second kappa shape index (κ2) is 4.37. The van der Waals surface area contributed by atoms with Crippen LogP contribution in [-0.2, 0) is 6.54 Å². The maximum absolute atomic E-state index is 12.4. The molecule has 1 saturated heterocycles. The lowest BCUT2D eigenvalue weighted by molar-refractivity contribution is 0.0868. The van der Waals surface area contributed by atoms with Crippen LogP contribution in [0.1, 0.15) is 43.7 Å². The van der Waals surface area contributed by atoms with Crippen molar-refractivity contribution in [1.82, 2.24) is 14.9 Å². The predicted octanol–water partition coefficient (Wildman–Crippen LogP) is 1.62. The molecule has 4 heteroatoms. The van der Waals surface area contributed by atoms with Crippen molar-refractivity contribution < 1.29 is 4.79 Å². The van der Waals surface area contributed by atoms with Gasteiger partial charge in [0, 0.05) is 18.9 Å². The maximum atomic E-state index is 12.4. The van der Waals surface area contributed by atoms with Gasteiger partial charge in [0.2, 0.25) is 5.78 Å². The van der Waals surface area contributed by atoms with Crippen LogP contribution >= 0.6 is 0 Å². The molecule has 2 rings (SSSR count). The Hall–Kier alpha value is -1.16. The molecule has 1 aliphatic heterocycles. The van der Waals surface area contributed by atoms with Crippen molar-refractivity contribution in [2.75, 3.05) is 6.54 Å².